The molecule has 1 saturated carbocycles. The Morgan fingerprint density at radius 1 is 0.900 bits per heavy atom. The largest absolute Gasteiger partial charge is 0.490 e. The molecule has 1 amide bonds. The van der Waals surface area contributed by atoms with Crippen molar-refractivity contribution in [2.45, 2.75) is 55.5 Å². The van der Waals surface area contributed by atoms with Gasteiger partial charge in [-0.05, 0) is 73.1 Å². The Labute approximate surface area is 231 Å². The van der Waals surface area contributed by atoms with E-state index >= 15 is 0 Å². The van der Waals surface area contributed by atoms with Crippen LogP contribution in [-0.4, -0.2) is 38.1 Å². The van der Waals surface area contributed by atoms with E-state index in [1.165, 1.54) is 5.56 Å². The van der Waals surface area contributed by atoms with E-state index in [0.717, 1.165) is 43.2 Å². The molecule has 0 bridgehead atoms. The molecule has 3 aromatic rings. The molecule has 3 aromatic carbocycles. The van der Waals surface area contributed by atoms with Crippen LogP contribution in [0.3, 0.4) is 0 Å². The number of anilines is 1. The quantitative estimate of drug-likeness (QED) is 0.278. The van der Waals surface area contributed by atoms with Crippen LogP contribution >= 0.6 is 0 Å². The Kier molecular flexibility index (Phi) is 9.97. The molecule has 11 heteroatoms. The van der Waals surface area contributed by atoms with Crippen molar-refractivity contribution in [2.24, 2.45) is 0 Å². The molecule has 0 saturated heterocycles. The molecule has 0 aromatic heterocycles. The maximum atomic E-state index is 12.9. The number of halogens is 3. The number of amides is 1. The van der Waals surface area contributed by atoms with Crippen molar-refractivity contribution in [1.82, 2.24) is 5.32 Å². The zero-order valence-corrected chi connectivity index (χ0v) is 22.7. The second kappa shape index (κ2) is 13.0. The number of aliphatic carboxylic acids is 1. The SMILES string of the molecule is CCc1ccc(S(=O)(=O)Nc2ccc(C3(C(=O)NCCCc4ccccc4)CC3)cc2)cc1.O=C(O)C(F)(F)F. The van der Waals surface area contributed by atoms with Crippen molar-refractivity contribution in [3.05, 3.63) is 95.6 Å². The van der Waals surface area contributed by atoms with E-state index in [1.54, 1.807) is 24.3 Å². The fourth-order valence-electron chi connectivity index (χ4n) is 4.06. The Bertz CT molecular complexity index is 1390. The van der Waals surface area contributed by atoms with Gasteiger partial charge in [-0.25, -0.2) is 13.2 Å². The first-order valence-electron chi connectivity index (χ1n) is 12.7. The van der Waals surface area contributed by atoms with E-state index in [2.05, 4.69) is 22.2 Å². The van der Waals surface area contributed by atoms with Crippen LogP contribution in [0.25, 0.3) is 0 Å². The molecular formula is C29H31F3N2O5S. The van der Waals surface area contributed by atoms with Gasteiger partial charge in [0.15, 0.2) is 0 Å². The summed E-state index contributed by atoms with van der Waals surface area (Å²) in [6, 6.07) is 24.3. The normalized spacial score (nSPS) is 13.9. The monoisotopic (exact) mass is 576 g/mol. The summed E-state index contributed by atoms with van der Waals surface area (Å²) >= 11 is 0. The first-order valence-corrected chi connectivity index (χ1v) is 14.2. The van der Waals surface area contributed by atoms with Crippen LogP contribution < -0.4 is 10.0 Å². The summed E-state index contributed by atoms with van der Waals surface area (Å²) in [5, 5.41) is 10.2. The van der Waals surface area contributed by atoms with Crippen LogP contribution in [-0.2, 0) is 37.9 Å². The maximum absolute atomic E-state index is 12.9. The summed E-state index contributed by atoms with van der Waals surface area (Å²) in [4.78, 5) is 22.0. The number of nitrogens with one attached hydrogen (secondary N) is 2. The highest BCUT2D eigenvalue weighted by Crippen LogP contribution is 2.48. The van der Waals surface area contributed by atoms with Gasteiger partial charge in [-0.2, -0.15) is 13.2 Å². The molecule has 214 valence electrons. The van der Waals surface area contributed by atoms with Crippen LogP contribution in [0, 0.1) is 0 Å². The first kappa shape index (κ1) is 30.7. The summed E-state index contributed by atoms with van der Waals surface area (Å²) < 4.78 is 59.7. The number of carbonyl (C=O) groups is 2. The Morgan fingerprint density at radius 3 is 1.98 bits per heavy atom. The standard InChI is InChI=1S/C27H30N2O3S.C2HF3O2/c1-2-21-10-16-25(17-11-21)33(31,32)29-24-14-12-23(13-15-24)27(18-19-27)26(30)28-20-6-9-22-7-4-3-5-8-22;3-2(4,5)1(6)7/h3-5,7-8,10-17,29H,2,6,9,18-20H2,1H3,(H,28,30);(H,6,7). The zero-order valence-electron chi connectivity index (χ0n) is 21.9. The predicted octanol–water partition coefficient (Wildman–Crippen LogP) is 5.46. The lowest BCUT2D eigenvalue weighted by Gasteiger charge is -2.17. The van der Waals surface area contributed by atoms with E-state index in [-0.39, 0.29) is 10.8 Å². The molecule has 0 heterocycles. The zero-order chi connectivity index (χ0) is 29.4. The minimum absolute atomic E-state index is 0.0555. The fraction of sp³-hybridized carbons (Fsp3) is 0.310. The topological polar surface area (TPSA) is 113 Å². The maximum Gasteiger partial charge on any atom is 0.490 e. The van der Waals surface area contributed by atoms with Gasteiger partial charge in [-0.3, -0.25) is 9.52 Å². The third-order valence-corrected chi connectivity index (χ3v) is 7.93. The highest BCUT2D eigenvalue weighted by molar-refractivity contribution is 7.92. The molecule has 0 unspecified atom stereocenters. The van der Waals surface area contributed by atoms with Crippen molar-refractivity contribution in [3.8, 4) is 0 Å². The number of hydrogen-bond acceptors (Lipinski definition) is 4. The van der Waals surface area contributed by atoms with Crippen LogP contribution in [0.4, 0.5) is 18.9 Å². The Morgan fingerprint density at radius 2 is 1.48 bits per heavy atom. The van der Waals surface area contributed by atoms with Crippen LogP contribution in [0.5, 0.6) is 0 Å². The van der Waals surface area contributed by atoms with E-state index in [1.807, 2.05) is 49.4 Å². The molecule has 7 nitrogen and oxygen atoms in total. The van der Waals surface area contributed by atoms with E-state index < -0.39 is 27.6 Å². The molecule has 0 radical (unpaired) electrons. The van der Waals surface area contributed by atoms with Gasteiger partial charge in [0.2, 0.25) is 5.91 Å². The minimum atomic E-state index is -5.08. The van der Waals surface area contributed by atoms with Gasteiger partial charge < -0.3 is 10.4 Å². The molecule has 1 aliphatic carbocycles. The number of rotatable bonds is 10. The molecule has 4 rings (SSSR count). The van der Waals surface area contributed by atoms with Crippen molar-refractivity contribution < 1.29 is 36.3 Å². The fourth-order valence-corrected chi connectivity index (χ4v) is 5.11. The Hall–Kier alpha value is -3.86. The van der Waals surface area contributed by atoms with Gasteiger partial charge in [0.05, 0.1) is 10.3 Å². The average Bonchev–Trinajstić information content (AvgIpc) is 3.74. The number of sulfonamides is 1. The van der Waals surface area contributed by atoms with Gasteiger partial charge in [-0.1, -0.05) is 61.5 Å². The highest BCUT2D eigenvalue weighted by Gasteiger charge is 2.51. The summed E-state index contributed by atoms with van der Waals surface area (Å²) in [7, 11) is -3.65. The van der Waals surface area contributed by atoms with Gasteiger partial charge in [0, 0.05) is 12.2 Å². The number of carboxylic acids is 1. The Balaban J connectivity index is 0.000000559. The number of aryl methyl sites for hydroxylation is 2. The third-order valence-electron chi connectivity index (χ3n) is 6.53. The van der Waals surface area contributed by atoms with E-state index in [9.17, 15) is 26.4 Å². The lowest BCUT2D eigenvalue weighted by Crippen LogP contribution is -2.35. The van der Waals surface area contributed by atoms with Crippen molar-refractivity contribution in [3.63, 3.8) is 0 Å². The number of carbonyl (C=O) groups excluding carboxylic acids is 1. The predicted molar refractivity (Wildman–Crippen MR) is 145 cm³/mol. The second-order valence-corrected chi connectivity index (χ2v) is 11.1. The smallest absolute Gasteiger partial charge is 0.475 e. The molecular weight excluding hydrogens is 545 g/mol. The molecule has 40 heavy (non-hydrogen) atoms. The lowest BCUT2D eigenvalue weighted by molar-refractivity contribution is -0.192. The van der Waals surface area contributed by atoms with Crippen molar-refractivity contribution >= 4 is 27.6 Å². The number of alkyl halides is 3. The highest BCUT2D eigenvalue weighted by atomic mass is 32.2. The summed E-state index contributed by atoms with van der Waals surface area (Å²) in [5.74, 6) is -2.70. The molecule has 0 atom stereocenters. The van der Waals surface area contributed by atoms with Crippen molar-refractivity contribution in [1.29, 1.82) is 0 Å². The first-order chi connectivity index (χ1) is 18.9. The summed E-state index contributed by atoms with van der Waals surface area (Å²) in [6.07, 6.45) is -0.772. The lowest BCUT2D eigenvalue weighted by atomic mass is 9.94. The average molecular weight is 577 g/mol. The molecule has 1 fully saturated rings. The third kappa shape index (κ3) is 8.32. The van der Waals surface area contributed by atoms with Crippen LogP contribution in [0.2, 0.25) is 0 Å². The molecule has 3 N–H and O–H groups in total. The molecule has 1 aliphatic rings. The minimum Gasteiger partial charge on any atom is -0.475 e. The van der Waals surface area contributed by atoms with Crippen LogP contribution in [0.1, 0.15) is 42.9 Å². The van der Waals surface area contributed by atoms with E-state index in [4.69, 9.17) is 9.90 Å². The molecule has 0 spiro atoms. The number of carboxylic acid groups (broad SMARTS) is 1. The second-order valence-electron chi connectivity index (χ2n) is 9.41. The number of benzene rings is 3. The molecule has 0 aliphatic heterocycles. The van der Waals surface area contributed by atoms with Crippen LogP contribution in [0.15, 0.2) is 83.8 Å². The van der Waals surface area contributed by atoms with Gasteiger partial charge >= 0.3 is 12.1 Å². The van der Waals surface area contributed by atoms with Gasteiger partial charge in [0.1, 0.15) is 0 Å². The van der Waals surface area contributed by atoms with Gasteiger partial charge in [-0.15, -0.1) is 0 Å². The summed E-state index contributed by atoms with van der Waals surface area (Å²) in [6.45, 7) is 2.67. The summed E-state index contributed by atoms with van der Waals surface area (Å²) in [5.41, 5.74) is 3.29. The number of hydrogen-bond donors (Lipinski definition) is 3. The van der Waals surface area contributed by atoms with Gasteiger partial charge in [0.25, 0.3) is 10.0 Å². The van der Waals surface area contributed by atoms with E-state index in [0.29, 0.717) is 12.2 Å². The van der Waals surface area contributed by atoms with Crippen molar-refractivity contribution in [2.75, 3.05) is 11.3 Å².